The van der Waals surface area contributed by atoms with E-state index in [1.807, 2.05) is 0 Å². The minimum atomic E-state index is -0.287. The van der Waals surface area contributed by atoms with Crippen LogP contribution in [-0.2, 0) is 5.41 Å². The van der Waals surface area contributed by atoms with Gasteiger partial charge in [-0.1, -0.05) is 217 Å². The second-order valence-electron chi connectivity index (χ2n) is 18.8. The van der Waals surface area contributed by atoms with Crippen molar-refractivity contribution in [2.75, 3.05) is 0 Å². The molecule has 0 spiro atoms. The summed E-state index contributed by atoms with van der Waals surface area (Å²) in [6.07, 6.45) is 0. The first-order valence-electron chi connectivity index (χ1n) is 21.2. The van der Waals surface area contributed by atoms with E-state index in [1.165, 1.54) is 109 Å². The van der Waals surface area contributed by atoms with E-state index in [9.17, 15) is 0 Å². The summed E-state index contributed by atoms with van der Waals surface area (Å²) >= 11 is 0. The molecule has 0 heterocycles. The molecular formula is C59H48. The summed E-state index contributed by atoms with van der Waals surface area (Å²) < 4.78 is 0. The second kappa shape index (κ2) is 12.7. The molecule has 0 N–H and O–H groups in total. The fourth-order valence-corrected chi connectivity index (χ4v) is 11.9. The van der Waals surface area contributed by atoms with Gasteiger partial charge in [0.1, 0.15) is 0 Å². The summed E-state index contributed by atoms with van der Waals surface area (Å²) in [7, 11) is 0. The van der Waals surface area contributed by atoms with Crippen LogP contribution in [0.15, 0.2) is 182 Å². The monoisotopic (exact) mass is 756 g/mol. The van der Waals surface area contributed by atoms with E-state index < -0.39 is 0 Å². The lowest BCUT2D eigenvalue weighted by molar-refractivity contribution is 0.0977. The van der Waals surface area contributed by atoms with Crippen molar-refractivity contribution in [3.63, 3.8) is 0 Å². The average Bonchev–Trinajstić information content (AvgIpc) is 3.60. The molecule has 0 saturated carbocycles. The van der Waals surface area contributed by atoms with E-state index >= 15 is 0 Å². The minimum absolute atomic E-state index is 0.107. The zero-order chi connectivity index (χ0) is 40.3. The highest BCUT2D eigenvalue weighted by Crippen LogP contribution is 2.69. The maximum atomic E-state index is 2.56. The Labute approximate surface area is 347 Å². The zero-order valence-electron chi connectivity index (χ0n) is 34.8. The van der Waals surface area contributed by atoms with Crippen molar-refractivity contribution in [2.45, 2.75) is 47.0 Å². The van der Waals surface area contributed by atoms with Gasteiger partial charge in [0.05, 0.1) is 0 Å². The minimum Gasteiger partial charge on any atom is -0.0622 e. The van der Waals surface area contributed by atoms with Crippen molar-refractivity contribution in [3.05, 3.63) is 193 Å². The molecule has 0 atom stereocenters. The molecule has 0 heteroatoms. The molecule has 59 heavy (non-hydrogen) atoms. The Morgan fingerprint density at radius 3 is 1.08 bits per heavy atom. The van der Waals surface area contributed by atoms with Crippen LogP contribution in [0.2, 0.25) is 0 Å². The van der Waals surface area contributed by atoms with Crippen molar-refractivity contribution in [1.82, 2.24) is 0 Å². The van der Waals surface area contributed by atoms with Crippen molar-refractivity contribution >= 4 is 53.9 Å². The number of fused-ring (bicyclic) bond motifs is 12. The number of hydrogen-bond acceptors (Lipinski definition) is 0. The van der Waals surface area contributed by atoms with E-state index in [1.54, 1.807) is 0 Å². The molecular weight excluding hydrogens is 709 g/mol. The third kappa shape index (κ3) is 4.90. The van der Waals surface area contributed by atoms with Crippen molar-refractivity contribution in [2.24, 2.45) is 10.8 Å². The lowest BCUT2D eigenvalue weighted by Gasteiger charge is -2.54. The largest absolute Gasteiger partial charge is 0.0622 e. The smallest absolute Gasteiger partial charge is 0.0324 e. The Kier molecular flexibility index (Phi) is 7.70. The highest BCUT2D eigenvalue weighted by Gasteiger charge is 2.59. The van der Waals surface area contributed by atoms with Gasteiger partial charge in [0.2, 0.25) is 0 Å². The topological polar surface area (TPSA) is 0 Å². The Bertz CT molecular complexity index is 3240. The van der Waals surface area contributed by atoms with Crippen molar-refractivity contribution in [1.29, 1.82) is 0 Å². The summed E-state index contributed by atoms with van der Waals surface area (Å²) in [5.41, 5.74) is 12.8. The first kappa shape index (κ1) is 35.6. The van der Waals surface area contributed by atoms with Crippen molar-refractivity contribution < 1.29 is 0 Å². The van der Waals surface area contributed by atoms with Crippen LogP contribution in [0.25, 0.3) is 98.4 Å². The highest BCUT2D eigenvalue weighted by atomic mass is 14.6. The molecule has 0 saturated heterocycles. The van der Waals surface area contributed by atoms with Gasteiger partial charge in [-0.2, -0.15) is 0 Å². The Hall–Kier alpha value is -6.50. The van der Waals surface area contributed by atoms with Gasteiger partial charge < -0.3 is 0 Å². The molecule has 0 radical (unpaired) electrons. The molecule has 284 valence electrons. The maximum absolute atomic E-state index is 2.56. The van der Waals surface area contributed by atoms with E-state index in [0.29, 0.717) is 0 Å². The molecule has 0 aromatic heterocycles. The van der Waals surface area contributed by atoms with Gasteiger partial charge in [-0.05, 0) is 126 Å². The molecule has 0 nitrogen and oxygen atoms in total. The Balaban J connectivity index is 1.20. The first-order valence-corrected chi connectivity index (χ1v) is 21.2. The van der Waals surface area contributed by atoms with E-state index in [4.69, 9.17) is 0 Å². The zero-order valence-corrected chi connectivity index (χ0v) is 34.8. The molecule has 0 aliphatic heterocycles. The lowest BCUT2D eigenvalue weighted by atomic mass is 9.49. The molecule has 1 aliphatic rings. The van der Waals surface area contributed by atoms with Crippen LogP contribution in [0.5, 0.6) is 0 Å². The highest BCUT2D eigenvalue weighted by molar-refractivity contribution is 6.23. The second-order valence-corrected chi connectivity index (χ2v) is 18.8. The third-order valence-corrected chi connectivity index (χ3v) is 13.7. The van der Waals surface area contributed by atoms with Gasteiger partial charge in [-0.15, -0.1) is 0 Å². The third-order valence-electron chi connectivity index (χ3n) is 13.7. The molecule has 10 aromatic rings. The van der Waals surface area contributed by atoms with Gasteiger partial charge in [-0.3, -0.25) is 0 Å². The summed E-state index contributed by atoms with van der Waals surface area (Å²) in [6.45, 7) is 14.8. The summed E-state index contributed by atoms with van der Waals surface area (Å²) in [5.74, 6) is 0. The number of benzene rings is 10. The van der Waals surface area contributed by atoms with E-state index in [2.05, 4.69) is 224 Å². The molecule has 0 amide bonds. The normalized spacial score (nSPS) is 13.7. The van der Waals surface area contributed by atoms with Crippen LogP contribution >= 0.6 is 0 Å². The Morgan fingerprint density at radius 1 is 0.271 bits per heavy atom. The summed E-state index contributed by atoms with van der Waals surface area (Å²) in [6, 6.07) is 68.3. The molecule has 10 aromatic carbocycles. The van der Waals surface area contributed by atoms with Crippen LogP contribution in [0.4, 0.5) is 0 Å². The van der Waals surface area contributed by atoms with Gasteiger partial charge in [0.15, 0.2) is 0 Å². The van der Waals surface area contributed by atoms with Gasteiger partial charge in [0.25, 0.3) is 0 Å². The van der Waals surface area contributed by atoms with E-state index in [0.717, 1.165) is 0 Å². The van der Waals surface area contributed by atoms with Crippen LogP contribution in [0.3, 0.4) is 0 Å². The van der Waals surface area contributed by atoms with Gasteiger partial charge in [0, 0.05) is 5.41 Å². The fraction of sp³-hybridized carbons (Fsp3) is 0.153. The molecule has 11 rings (SSSR count). The van der Waals surface area contributed by atoms with Gasteiger partial charge in [-0.25, -0.2) is 0 Å². The van der Waals surface area contributed by atoms with Crippen LogP contribution in [0, 0.1) is 10.8 Å². The maximum Gasteiger partial charge on any atom is 0.0324 e. The SMILES string of the molecule is CC(C)(C)C1(C(C)(C)C)c2c(cc(-c3ccc(-c4c5ccccc5c(-c5ccccc5)c5ccccc45)cc3)c3ccccc23)-c2c1c1ccccc1c1ccccc21. The summed E-state index contributed by atoms with van der Waals surface area (Å²) in [4.78, 5) is 0. The fourth-order valence-electron chi connectivity index (χ4n) is 11.9. The number of rotatable bonds is 3. The standard InChI is InChI=1S/C59H48/c1-57(2,3)59(58(4,5)6)55-48-30-18-12-24-42(48)50(36-51(55)54-43-25-13-10-22-40(43)41-23-11-19-31-49(41)56(54)59)37-32-34-39(35-33-37)53-46-28-16-14-26-44(46)52(38-20-8-7-9-21-38)45-27-15-17-29-47(45)53/h7-36H,1-6H3. The van der Waals surface area contributed by atoms with Crippen molar-refractivity contribution in [3.8, 4) is 44.5 Å². The molecule has 0 bridgehead atoms. The van der Waals surface area contributed by atoms with Gasteiger partial charge >= 0.3 is 0 Å². The molecule has 0 fully saturated rings. The average molecular weight is 757 g/mol. The first-order chi connectivity index (χ1) is 28.6. The molecule has 0 unspecified atom stereocenters. The summed E-state index contributed by atoms with van der Waals surface area (Å²) in [5, 5.41) is 13.1. The lowest BCUT2D eigenvalue weighted by Crippen LogP contribution is -2.50. The van der Waals surface area contributed by atoms with E-state index in [-0.39, 0.29) is 16.2 Å². The quantitative estimate of drug-likeness (QED) is 0.124. The predicted molar refractivity (Wildman–Crippen MR) is 255 cm³/mol. The Morgan fingerprint density at radius 2 is 0.610 bits per heavy atom. The number of hydrogen-bond donors (Lipinski definition) is 0. The predicted octanol–water partition coefficient (Wildman–Crippen LogP) is 16.8. The van der Waals surface area contributed by atoms with Crippen LogP contribution in [-0.4, -0.2) is 0 Å². The van der Waals surface area contributed by atoms with Crippen LogP contribution in [0.1, 0.15) is 52.7 Å². The molecule has 1 aliphatic carbocycles. The van der Waals surface area contributed by atoms with Crippen LogP contribution < -0.4 is 0 Å².